The van der Waals surface area contributed by atoms with E-state index in [-0.39, 0.29) is 11.5 Å². The Hall–Kier alpha value is -3.09. The Balaban J connectivity index is 2.05. The maximum Gasteiger partial charge on any atom is 0.264 e. The van der Waals surface area contributed by atoms with Crippen molar-refractivity contribution < 1.29 is 4.42 Å². The van der Waals surface area contributed by atoms with Gasteiger partial charge in [0.15, 0.2) is 12.1 Å². The summed E-state index contributed by atoms with van der Waals surface area (Å²) in [6.45, 7) is 0. The Morgan fingerprint density at radius 3 is 2.90 bits per heavy atom. The van der Waals surface area contributed by atoms with Crippen molar-refractivity contribution in [1.82, 2.24) is 9.55 Å². The summed E-state index contributed by atoms with van der Waals surface area (Å²) in [7, 11) is 0. The van der Waals surface area contributed by atoms with Crippen LogP contribution in [0.2, 0.25) is 0 Å². The van der Waals surface area contributed by atoms with Gasteiger partial charge < -0.3 is 10.2 Å². The van der Waals surface area contributed by atoms with Crippen LogP contribution in [-0.4, -0.2) is 15.5 Å². The van der Waals surface area contributed by atoms with Crippen LogP contribution in [0.15, 0.2) is 56.9 Å². The van der Waals surface area contributed by atoms with Crippen molar-refractivity contribution in [1.29, 1.82) is 0 Å². The van der Waals surface area contributed by atoms with E-state index in [9.17, 15) is 4.79 Å². The van der Waals surface area contributed by atoms with Crippen LogP contribution in [0, 0.1) is 0 Å². The van der Waals surface area contributed by atoms with Crippen LogP contribution in [0.25, 0.3) is 10.9 Å². The van der Waals surface area contributed by atoms with Gasteiger partial charge in [0.1, 0.15) is 5.76 Å². The molecule has 3 N–H and O–H groups in total. The van der Waals surface area contributed by atoms with Crippen LogP contribution in [0.4, 0.5) is 5.95 Å². The second kappa shape index (κ2) is 4.20. The molecule has 0 fully saturated rings. The minimum Gasteiger partial charge on any atom is -0.465 e. The summed E-state index contributed by atoms with van der Waals surface area (Å²) in [6.07, 6.45) is 0.878. The summed E-state index contributed by atoms with van der Waals surface area (Å²) in [5.41, 5.74) is 6.19. The second-order valence-corrected chi connectivity index (χ2v) is 4.66. The van der Waals surface area contributed by atoms with Gasteiger partial charge in [0.2, 0.25) is 5.95 Å². The highest BCUT2D eigenvalue weighted by molar-refractivity contribution is 5.93. The molecule has 3 heterocycles. The smallest absolute Gasteiger partial charge is 0.264 e. The van der Waals surface area contributed by atoms with E-state index in [1.54, 1.807) is 30.3 Å². The Bertz CT molecular complexity index is 911. The second-order valence-electron chi connectivity index (χ2n) is 4.66. The molecule has 0 amide bonds. The number of anilines is 1. The molecule has 0 saturated heterocycles. The quantitative estimate of drug-likeness (QED) is 0.700. The largest absolute Gasteiger partial charge is 0.465 e. The number of aromatic nitrogens is 2. The molecule has 21 heavy (non-hydrogen) atoms. The van der Waals surface area contributed by atoms with Crippen molar-refractivity contribution in [3.63, 3.8) is 0 Å². The molecule has 2 aromatic heterocycles. The molecule has 1 atom stereocenters. The number of para-hydroxylation sites is 1. The minimum atomic E-state index is -0.652. The van der Waals surface area contributed by atoms with E-state index < -0.39 is 6.17 Å². The standard InChI is InChI=1S/C14H11N5O2/c15-13-17-11(10-6-3-7-21-10)19-12(20)8-4-1-2-5-9(8)16-14(19)18-13/h1-7,11H,(H3,15,16,17,18). The van der Waals surface area contributed by atoms with Crippen molar-refractivity contribution >= 4 is 22.8 Å². The third-order valence-electron chi connectivity index (χ3n) is 3.35. The van der Waals surface area contributed by atoms with Crippen LogP contribution < -0.4 is 16.6 Å². The first kappa shape index (κ1) is 11.7. The molecular weight excluding hydrogens is 270 g/mol. The lowest BCUT2D eigenvalue weighted by Crippen LogP contribution is -2.38. The zero-order chi connectivity index (χ0) is 14.4. The number of nitrogens with zero attached hydrogens (tertiary/aromatic N) is 3. The number of aliphatic imine (C=N–C) groups is 1. The van der Waals surface area contributed by atoms with Gasteiger partial charge in [0, 0.05) is 0 Å². The van der Waals surface area contributed by atoms with E-state index >= 15 is 0 Å². The molecule has 1 aliphatic heterocycles. The molecule has 1 aromatic carbocycles. The maximum absolute atomic E-state index is 12.7. The predicted octanol–water partition coefficient (Wildman–Crippen LogP) is 1.28. The lowest BCUT2D eigenvalue weighted by molar-refractivity contribution is 0.429. The van der Waals surface area contributed by atoms with Gasteiger partial charge in [-0.1, -0.05) is 12.1 Å². The highest BCUT2D eigenvalue weighted by Gasteiger charge is 2.26. The molecule has 0 radical (unpaired) electrons. The highest BCUT2D eigenvalue weighted by Crippen LogP contribution is 2.26. The van der Waals surface area contributed by atoms with Crippen LogP contribution >= 0.6 is 0 Å². The Morgan fingerprint density at radius 2 is 2.10 bits per heavy atom. The molecule has 3 aromatic rings. The van der Waals surface area contributed by atoms with Crippen LogP contribution in [0.5, 0.6) is 0 Å². The van der Waals surface area contributed by atoms with E-state index in [1.807, 2.05) is 6.07 Å². The van der Waals surface area contributed by atoms with Crippen LogP contribution in [0.3, 0.4) is 0 Å². The van der Waals surface area contributed by atoms with E-state index in [1.165, 1.54) is 10.8 Å². The van der Waals surface area contributed by atoms with Gasteiger partial charge in [-0.15, -0.1) is 0 Å². The van der Waals surface area contributed by atoms with Gasteiger partial charge in [0.25, 0.3) is 5.56 Å². The minimum absolute atomic E-state index is 0.193. The van der Waals surface area contributed by atoms with E-state index in [4.69, 9.17) is 10.2 Å². The van der Waals surface area contributed by atoms with Crippen molar-refractivity contribution in [3.05, 3.63) is 58.8 Å². The zero-order valence-corrected chi connectivity index (χ0v) is 10.9. The molecule has 1 aliphatic rings. The summed E-state index contributed by atoms with van der Waals surface area (Å²) < 4.78 is 6.81. The number of benzene rings is 1. The molecule has 4 rings (SSSR count). The SMILES string of the molecule is NC1=NC(c2ccco2)n2c(nc3ccccc3c2=O)N1. The molecule has 0 saturated carbocycles. The van der Waals surface area contributed by atoms with Gasteiger partial charge >= 0.3 is 0 Å². The van der Waals surface area contributed by atoms with Gasteiger partial charge in [-0.25, -0.2) is 14.5 Å². The van der Waals surface area contributed by atoms with Crippen LogP contribution in [-0.2, 0) is 0 Å². The first-order chi connectivity index (χ1) is 10.2. The predicted molar refractivity (Wildman–Crippen MR) is 78.1 cm³/mol. The average molecular weight is 281 g/mol. The number of nitrogens with two attached hydrogens (primary N) is 1. The lowest BCUT2D eigenvalue weighted by Gasteiger charge is -2.23. The number of fused-ring (bicyclic) bond motifs is 2. The number of hydrogen-bond acceptors (Lipinski definition) is 6. The highest BCUT2D eigenvalue weighted by atomic mass is 16.3. The van der Waals surface area contributed by atoms with Gasteiger partial charge in [0.05, 0.1) is 17.2 Å². The average Bonchev–Trinajstić information content (AvgIpc) is 3.00. The normalized spacial score (nSPS) is 17.1. The lowest BCUT2D eigenvalue weighted by atomic mass is 10.2. The van der Waals surface area contributed by atoms with E-state index in [2.05, 4.69) is 15.3 Å². The van der Waals surface area contributed by atoms with Crippen molar-refractivity contribution in [2.45, 2.75) is 6.17 Å². The molecule has 1 unspecified atom stereocenters. The molecule has 104 valence electrons. The molecule has 0 bridgehead atoms. The number of hydrogen-bond donors (Lipinski definition) is 2. The first-order valence-corrected chi connectivity index (χ1v) is 6.39. The van der Waals surface area contributed by atoms with Crippen molar-refractivity contribution in [3.8, 4) is 0 Å². The summed E-state index contributed by atoms with van der Waals surface area (Å²) in [6, 6.07) is 10.6. The Kier molecular flexibility index (Phi) is 2.34. The van der Waals surface area contributed by atoms with Gasteiger partial charge in [-0.3, -0.25) is 10.1 Å². The fourth-order valence-corrected chi connectivity index (χ4v) is 2.43. The summed E-state index contributed by atoms with van der Waals surface area (Å²) in [5.74, 6) is 1.08. The van der Waals surface area contributed by atoms with Gasteiger partial charge in [-0.05, 0) is 24.3 Å². The molecular formula is C14H11N5O2. The maximum atomic E-state index is 12.7. The number of rotatable bonds is 1. The fraction of sp³-hybridized carbons (Fsp3) is 0.0714. The number of guanidine groups is 1. The topological polar surface area (TPSA) is 98.4 Å². The Labute approximate surface area is 118 Å². The van der Waals surface area contributed by atoms with Crippen molar-refractivity contribution in [2.75, 3.05) is 5.32 Å². The number of furan rings is 1. The fourth-order valence-electron chi connectivity index (χ4n) is 2.43. The Morgan fingerprint density at radius 1 is 1.24 bits per heavy atom. The van der Waals surface area contributed by atoms with E-state index in [0.29, 0.717) is 22.6 Å². The van der Waals surface area contributed by atoms with E-state index in [0.717, 1.165) is 0 Å². The summed E-state index contributed by atoms with van der Waals surface area (Å²) in [5, 5.41) is 3.35. The van der Waals surface area contributed by atoms with Crippen LogP contribution in [0.1, 0.15) is 11.9 Å². The zero-order valence-electron chi connectivity index (χ0n) is 10.9. The monoisotopic (exact) mass is 281 g/mol. The molecule has 0 spiro atoms. The molecule has 7 heteroatoms. The third-order valence-corrected chi connectivity index (χ3v) is 3.35. The van der Waals surface area contributed by atoms with Gasteiger partial charge in [-0.2, -0.15) is 0 Å². The van der Waals surface area contributed by atoms with Crippen molar-refractivity contribution in [2.24, 2.45) is 10.7 Å². The molecule has 7 nitrogen and oxygen atoms in total. The molecule has 0 aliphatic carbocycles. The number of nitrogens with one attached hydrogen (secondary N) is 1. The summed E-state index contributed by atoms with van der Waals surface area (Å²) in [4.78, 5) is 21.4. The first-order valence-electron chi connectivity index (χ1n) is 6.39. The summed E-state index contributed by atoms with van der Waals surface area (Å²) >= 11 is 0. The third kappa shape index (κ3) is 1.71.